The minimum atomic E-state index is 0.742. The molecule has 1 saturated carbocycles. The number of hydrogen-bond donors (Lipinski definition) is 1. The Labute approximate surface area is 92.1 Å². The van der Waals surface area contributed by atoms with Crippen molar-refractivity contribution in [3.8, 4) is 11.3 Å². The molecule has 0 atom stereocenters. The van der Waals surface area contributed by atoms with Gasteiger partial charge in [0.05, 0.1) is 18.2 Å². The minimum absolute atomic E-state index is 0.742. The van der Waals surface area contributed by atoms with Crippen LogP contribution < -0.4 is 5.32 Å². The van der Waals surface area contributed by atoms with E-state index in [-0.39, 0.29) is 0 Å². The molecule has 0 spiro atoms. The molecule has 1 fully saturated rings. The predicted molar refractivity (Wildman–Crippen MR) is 59.7 cm³/mol. The first-order chi connectivity index (χ1) is 7.42. The minimum Gasteiger partial charge on any atom is -0.472 e. The van der Waals surface area contributed by atoms with Crippen molar-refractivity contribution in [3.05, 3.63) is 29.0 Å². The first kappa shape index (κ1) is 9.12. The third-order valence-corrected chi connectivity index (χ3v) is 3.34. The molecule has 1 aliphatic rings. The second-order valence-corrected chi connectivity index (χ2v) is 4.74. The molecule has 78 valence electrons. The van der Waals surface area contributed by atoms with Crippen LogP contribution >= 0.6 is 11.3 Å². The van der Waals surface area contributed by atoms with Crippen LogP contribution in [0.3, 0.4) is 0 Å². The average Bonchev–Trinajstić information content (AvgIpc) is 2.78. The van der Waals surface area contributed by atoms with Crippen LogP contribution in [0.5, 0.6) is 0 Å². The largest absolute Gasteiger partial charge is 0.472 e. The number of rotatable bonds is 4. The molecule has 0 unspecified atom stereocenters. The van der Waals surface area contributed by atoms with E-state index in [4.69, 9.17) is 4.42 Å². The van der Waals surface area contributed by atoms with Gasteiger partial charge in [-0.1, -0.05) is 0 Å². The number of nitrogens with one attached hydrogen (secondary N) is 1. The summed E-state index contributed by atoms with van der Waals surface area (Å²) in [5.74, 6) is 0. The Kier molecular flexibility index (Phi) is 2.31. The average molecular weight is 220 g/mol. The molecular formula is C11H12N2OS. The highest BCUT2D eigenvalue weighted by molar-refractivity contribution is 7.09. The highest BCUT2D eigenvalue weighted by Crippen LogP contribution is 2.23. The lowest BCUT2D eigenvalue weighted by atomic mass is 10.3. The Morgan fingerprint density at radius 1 is 1.53 bits per heavy atom. The third kappa shape index (κ3) is 2.11. The van der Waals surface area contributed by atoms with E-state index < -0.39 is 0 Å². The van der Waals surface area contributed by atoms with Gasteiger partial charge in [0, 0.05) is 23.5 Å². The Morgan fingerprint density at radius 3 is 3.20 bits per heavy atom. The van der Waals surface area contributed by atoms with Crippen LogP contribution in [0.1, 0.15) is 17.8 Å². The van der Waals surface area contributed by atoms with E-state index >= 15 is 0 Å². The monoisotopic (exact) mass is 220 g/mol. The van der Waals surface area contributed by atoms with Crippen LogP contribution in [0.25, 0.3) is 11.3 Å². The van der Waals surface area contributed by atoms with Crippen LogP contribution in [-0.4, -0.2) is 11.0 Å². The zero-order valence-corrected chi connectivity index (χ0v) is 9.09. The SMILES string of the molecule is c1cc(-c2csc(CNC3CC3)n2)co1. The van der Waals surface area contributed by atoms with Crippen LogP contribution in [0.2, 0.25) is 0 Å². The third-order valence-electron chi connectivity index (χ3n) is 2.49. The van der Waals surface area contributed by atoms with Crippen molar-refractivity contribution in [1.29, 1.82) is 0 Å². The van der Waals surface area contributed by atoms with E-state index in [1.165, 1.54) is 12.8 Å². The lowest BCUT2D eigenvalue weighted by Crippen LogP contribution is -2.14. The molecule has 1 N–H and O–H groups in total. The number of nitrogens with zero attached hydrogens (tertiary/aromatic N) is 1. The summed E-state index contributed by atoms with van der Waals surface area (Å²) < 4.78 is 5.04. The first-order valence-corrected chi connectivity index (χ1v) is 6.00. The van der Waals surface area contributed by atoms with Crippen molar-refractivity contribution in [1.82, 2.24) is 10.3 Å². The summed E-state index contributed by atoms with van der Waals surface area (Å²) in [5, 5.41) is 6.69. The molecule has 2 aromatic heterocycles. The van der Waals surface area contributed by atoms with E-state index in [0.29, 0.717) is 0 Å². The zero-order chi connectivity index (χ0) is 10.1. The van der Waals surface area contributed by atoms with Crippen molar-refractivity contribution in [2.45, 2.75) is 25.4 Å². The fraction of sp³-hybridized carbons (Fsp3) is 0.364. The van der Waals surface area contributed by atoms with Gasteiger partial charge < -0.3 is 9.73 Å². The van der Waals surface area contributed by atoms with Gasteiger partial charge in [-0.15, -0.1) is 11.3 Å². The summed E-state index contributed by atoms with van der Waals surface area (Å²) >= 11 is 1.70. The maximum absolute atomic E-state index is 5.04. The van der Waals surface area contributed by atoms with Crippen LogP contribution in [0.4, 0.5) is 0 Å². The van der Waals surface area contributed by atoms with E-state index in [1.807, 2.05) is 6.07 Å². The maximum atomic E-state index is 5.04. The van der Waals surface area contributed by atoms with Gasteiger partial charge in [-0.3, -0.25) is 0 Å². The fourth-order valence-corrected chi connectivity index (χ4v) is 2.21. The van der Waals surface area contributed by atoms with Crippen LogP contribution in [0.15, 0.2) is 28.4 Å². The van der Waals surface area contributed by atoms with Crippen LogP contribution in [-0.2, 0) is 6.54 Å². The van der Waals surface area contributed by atoms with Crippen molar-refractivity contribution in [3.63, 3.8) is 0 Å². The van der Waals surface area contributed by atoms with E-state index in [2.05, 4.69) is 15.7 Å². The van der Waals surface area contributed by atoms with Gasteiger partial charge in [0.1, 0.15) is 5.01 Å². The molecule has 0 aromatic carbocycles. The molecule has 0 saturated heterocycles. The molecule has 2 heterocycles. The summed E-state index contributed by atoms with van der Waals surface area (Å²) in [7, 11) is 0. The Balaban J connectivity index is 1.69. The lowest BCUT2D eigenvalue weighted by Gasteiger charge is -1.96. The summed E-state index contributed by atoms with van der Waals surface area (Å²) in [5.41, 5.74) is 2.07. The van der Waals surface area contributed by atoms with Gasteiger partial charge in [0.15, 0.2) is 0 Å². The predicted octanol–water partition coefficient (Wildman–Crippen LogP) is 2.66. The van der Waals surface area contributed by atoms with Crippen molar-refractivity contribution < 1.29 is 4.42 Å². The molecule has 0 radical (unpaired) electrons. The first-order valence-electron chi connectivity index (χ1n) is 5.12. The van der Waals surface area contributed by atoms with E-state index in [9.17, 15) is 0 Å². The van der Waals surface area contributed by atoms with Crippen molar-refractivity contribution in [2.75, 3.05) is 0 Å². The van der Waals surface area contributed by atoms with Gasteiger partial charge in [-0.05, 0) is 18.9 Å². The van der Waals surface area contributed by atoms with E-state index in [1.54, 1.807) is 23.9 Å². The zero-order valence-electron chi connectivity index (χ0n) is 8.27. The highest BCUT2D eigenvalue weighted by Gasteiger charge is 2.20. The smallest absolute Gasteiger partial charge is 0.107 e. The second-order valence-electron chi connectivity index (χ2n) is 3.79. The van der Waals surface area contributed by atoms with Crippen molar-refractivity contribution >= 4 is 11.3 Å². The molecular weight excluding hydrogens is 208 g/mol. The molecule has 0 aliphatic heterocycles. The molecule has 1 aliphatic carbocycles. The lowest BCUT2D eigenvalue weighted by molar-refractivity contribution is 0.568. The quantitative estimate of drug-likeness (QED) is 0.860. The summed E-state index contributed by atoms with van der Waals surface area (Å²) in [4.78, 5) is 4.55. The fourth-order valence-electron chi connectivity index (χ4n) is 1.45. The highest BCUT2D eigenvalue weighted by atomic mass is 32.1. The number of furan rings is 1. The molecule has 3 rings (SSSR count). The number of hydrogen-bond acceptors (Lipinski definition) is 4. The molecule has 4 heteroatoms. The summed E-state index contributed by atoms with van der Waals surface area (Å²) in [6.07, 6.45) is 6.05. The standard InChI is InChI=1S/C11H12N2OS/c1-2-9(1)12-5-11-13-10(7-15-11)8-3-4-14-6-8/h3-4,6-7,9,12H,1-2,5H2. The molecule has 2 aromatic rings. The Hall–Kier alpha value is -1.13. The Morgan fingerprint density at radius 2 is 2.47 bits per heavy atom. The molecule has 3 nitrogen and oxygen atoms in total. The Bertz CT molecular complexity index is 431. The van der Waals surface area contributed by atoms with Crippen molar-refractivity contribution in [2.24, 2.45) is 0 Å². The second kappa shape index (κ2) is 3.79. The molecule has 15 heavy (non-hydrogen) atoms. The normalized spacial score (nSPS) is 15.7. The summed E-state index contributed by atoms with van der Waals surface area (Å²) in [6, 6.07) is 2.68. The summed E-state index contributed by atoms with van der Waals surface area (Å²) in [6.45, 7) is 0.896. The molecule has 0 bridgehead atoms. The van der Waals surface area contributed by atoms with Gasteiger partial charge in [0.2, 0.25) is 0 Å². The number of thiazole rings is 1. The van der Waals surface area contributed by atoms with Gasteiger partial charge in [-0.2, -0.15) is 0 Å². The maximum Gasteiger partial charge on any atom is 0.107 e. The van der Waals surface area contributed by atoms with Crippen LogP contribution in [0, 0.1) is 0 Å². The van der Waals surface area contributed by atoms with Gasteiger partial charge in [-0.25, -0.2) is 4.98 Å². The van der Waals surface area contributed by atoms with Gasteiger partial charge in [0.25, 0.3) is 0 Å². The molecule has 0 amide bonds. The number of aromatic nitrogens is 1. The van der Waals surface area contributed by atoms with Gasteiger partial charge >= 0.3 is 0 Å². The topological polar surface area (TPSA) is 38.1 Å². The van der Waals surface area contributed by atoms with E-state index in [0.717, 1.165) is 28.9 Å².